The average Bonchev–Trinajstić information content (AvgIpc) is 3.03. The van der Waals surface area contributed by atoms with Gasteiger partial charge in [-0.2, -0.15) is 0 Å². The van der Waals surface area contributed by atoms with Crippen LogP contribution < -0.4 is 0 Å². The maximum absolute atomic E-state index is 12.4. The molecule has 0 saturated carbocycles. The zero-order chi connectivity index (χ0) is 16.1. The topological polar surface area (TPSA) is 98.0 Å². The number of rotatable bonds is 2. The molecule has 2 unspecified atom stereocenters. The molecule has 2 bridgehead atoms. The number of aromatic nitrogens is 4. The van der Waals surface area contributed by atoms with E-state index in [1.165, 1.54) is 0 Å². The molecule has 23 heavy (non-hydrogen) atoms. The van der Waals surface area contributed by atoms with Gasteiger partial charge >= 0.3 is 0 Å². The highest BCUT2D eigenvalue weighted by Gasteiger charge is 2.51. The Morgan fingerprint density at radius 3 is 2.39 bits per heavy atom. The molecule has 2 fully saturated rings. The van der Waals surface area contributed by atoms with Crippen molar-refractivity contribution in [1.29, 1.82) is 0 Å². The second kappa shape index (κ2) is 5.10. The zero-order valence-electron chi connectivity index (χ0n) is 12.5. The SMILES string of the molecule is O=S1(=O)C2CCCC1CC(O)(c1cnc(-n3ccnc3)nc1)C2. The van der Waals surface area contributed by atoms with Gasteiger partial charge in [-0.25, -0.2) is 23.4 Å². The Labute approximate surface area is 134 Å². The van der Waals surface area contributed by atoms with Crippen molar-refractivity contribution in [1.82, 2.24) is 19.5 Å². The Balaban J connectivity index is 1.65. The van der Waals surface area contributed by atoms with E-state index < -0.39 is 25.9 Å². The fraction of sp³-hybridized carbons (Fsp3) is 0.533. The maximum Gasteiger partial charge on any atom is 0.234 e. The molecule has 1 N–H and O–H groups in total. The second-order valence-electron chi connectivity index (χ2n) is 6.45. The van der Waals surface area contributed by atoms with E-state index in [1.54, 1.807) is 35.7 Å². The van der Waals surface area contributed by atoms with Crippen molar-refractivity contribution < 1.29 is 13.5 Å². The quantitative estimate of drug-likeness (QED) is 0.879. The number of hydrogen-bond donors (Lipinski definition) is 1. The van der Waals surface area contributed by atoms with Crippen molar-refractivity contribution in [2.45, 2.75) is 48.2 Å². The summed E-state index contributed by atoms with van der Waals surface area (Å²) >= 11 is 0. The van der Waals surface area contributed by atoms with Crippen LogP contribution in [0.5, 0.6) is 0 Å². The Hall–Kier alpha value is -1.80. The summed E-state index contributed by atoms with van der Waals surface area (Å²) in [6, 6.07) is 0. The summed E-state index contributed by atoms with van der Waals surface area (Å²) in [4.78, 5) is 12.5. The Bertz CT molecular complexity index is 782. The van der Waals surface area contributed by atoms with Crippen molar-refractivity contribution >= 4 is 9.84 Å². The standard InChI is InChI=1S/C15H18N4O3S/c20-15(6-12-2-1-3-13(7-15)23(12,21)22)11-8-17-14(18-9-11)19-5-4-16-10-19/h4-5,8-10,12-13,20H,1-3,6-7H2. The molecule has 2 aromatic heterocycles. The van der Waals surface area contributed by atoms with Crippen molar-refractivity contribution in [3.05, 3.63) is 36.7 Å². The Morgan fingerprint density at radius 1 is 1.17 bits per heavy atom. The molecule has 8 heteroatoms. The van der Waals surface area contributed by atoms with Crippen LogP contribution in [0.3, 0.4) is 0 Å². The molecule has 0 amide bonds. The smallest absolute Gasteiger partial charge is 0.234 e. The van der Waals surface area contributed by atoms with Crippen molar-refractivity contribution in [3.63, 3.8) is 0 Å². The first-order chi connectivity index (χ1) is 11.0. The van der Waals surface area contributed by atoms with Gasteiger partial charge in [-0.3, -0.25) is 4.57 Å². The van der Waals surface area contributed by atoms with E-state index in [-0.39, 0.29) is 12.8 Å². The third-order valence-electron chi connectivity index (χ3n) is 5.02. The summed E-state index contributed by atoms with van der Waals surface area (Å²) in [5, 5.41) is 10.1. The largest absolute Gasteiger partial charge is 0.385 e. The first-order valence-electron chi connectivity index (χ1n) is 7.75. The van der Waals surface area contributed by atoms with Crippen LogP contribution in [-0.4, -0.2) is 43.5 Å². The molecule has 7 nitrogen and oxygen atoms in total. The Morgan fingerprint density at radius 2 is 1.83 bits per heavy atom. The summed E-state index contributed by atoms with van der Waals surface area (Å²) in [6.45, 7) is 0. The van der Waals surface area contributed by atoms with Crippen LogP contribution in [0.1, 0.15) is 37.7 Å². The minimum absolute atomic E-state index is 0.236. The summed E-state index contributed by atoms with van der Waals surface area (Å²) in [5.41, 5.74) is -0.567. The van der Waals surface area contributed by atoms with Crippen LogP contribution in [0.2, 0.25) is 0 Å². The van der Waals surface area contributed by atoms with Crippen molar-refractivity contribution in [2.75, 3.05) is 0 Å². The van der Waals surface area contributed by atoms with Gasteiger partial charge in [-0.05, 0) is 25.7 Å². The lowest BCUT2D eigenvalue weighted by molar-refractivity contribution is 0.00438. The Kier molecular flexibility index (Phi) is 3.28. The molecule has 0 spiro atoms. The number of nitrogens with zero attached hydrogens (tertiary/aromatic N) is 4. The molecule has 0 aromatic carbocycles. The number of fused-ring (bicyclic) bond motifs is 2. The molecular weight excluding hydrogens is 316 g/mol. The average molecular weight is 334 g/mol. The van der Waals surface area contributed by atoms with Crippen LogP contribution in [0.25, 0.3) is 5.95 Å². The summed E-state index contributed by atoms with van der Waals surface area (Å²) in [7, 11) is -3.10. The number of hydrogen-bond acceptors (Lipinski definition) is 6. The number of aliphatic hydroxyl groups is 1. The van der Waals surface area contributed by atoms with Gasteiger partial charge in [-0.15, -0.1) is 0 Å². The van der Waals surface area contributed by atoms with Crippen LogP contribution >= 0.6 is 0 Å². The molecule has 4 rings (SSSR count). The highest BCUT2D eigenvalue weighted by Crippen LogP contribution is 2.45. The number of sulfone groups is 1. The first-order valence-corrected chi connectivity index (χ1v) is 9.36. The molecule has 2 saturated heterocycles. The van der Waals surface area contributed by atoms with Crippen LogP contribution in [-0.2, 0) is 15.4 Å². The molecule has 0 aliphatic carbocycles. The van der Waals surface area contributed by atoms with Crippen LogP contribution in [0.4, 0.5) is 0 Å². The van der Waals surface area contributed by atoms with Crippen molar-refractivity contribution in [3.8, 4) is 5.95 Å². The minimum atomic E-state index is -3.10. The molecule has 2 aliphatic heterocycles. The zero-order valence-corrected chi connectivity index (χ0v) is 13.4. The highest BCUT2D eigenvalue weighted by molar-refractivity contribution is 7.92. The summed E-state index contributed by atoms with van der Waals surface area (Å²) in [5.74, 6) is 0.471. The molecule has 2 aromatic rings. The fourth-order valence-electron chi connectivity index (χ4n) is 3.75. The van der Waals surface area contributed by atoms with Gasteiger partial charge in [0.2, 0.25) is 5.95 Å². The fourth-order valence-corrected chi connectivity index (χ4v) is 6.31. The normalized spacial score (nSPS) is 32.6. The van der Waals surface area contributed by atoms with E-state index >= 15 is 0 Å². The highest BCUT2D eigenvalue weighted by atomic mass is 32.2. The molecular formula is C15H18N4O3S. The van der Waals surface area contributed by atoms with Gasteiger partial charge in [0, 0.05) is 30.4 Å². The number of imidazole rings is 1. The molecule has 0 radical (unpaired) electrons. The molecule has 122 valence electrons. The van der Waals surface area contributed by atoms with Crippen LogP contribution in [0, 0.1) is 0 Å². The van der Waals surface area contributed by atoms with E-state index in [0.717, 1.165) is 6.42 Å². The minimum Gasteiger partial charge on any atom is -0.385 e. The van der Waals surface area contributed by atoms with Gasteiger partial charge in [0.1, 0.15) is 6.33 Å². The molecule has 2 aliphatic rings. The van der Waals surface area contributed by atoms with E-state index in [4.69, 9.17) is 0 Å². The lowest BCUT2D eigenvalue weighted by Gasteiger charge is -2.43. The van der Waals surface area contributed by atoms with E-state index in [9.17, 15) is 13.5 Å². The van der Waals surface area contributed by atoms with Gasteiger partial charge in [0.15, 0.2) is 9.84 Å². The predicted octanol–water partition coefficient (Wildman–Crippen LogP) is 0.980. The second-order valence-corrected chi connectivity index (χ2v) is 8.96. The van der Waals surface area contributed by atoms with E-state index in [1.807, 2.05) is 0 Å². The summed E-state index contributed by atoms with van der Waals surface area (Å²) in [6.07, 6.45) is 10.8. The van der Waals surface area contributed by atoms with Crippen LogP contribution in [0.15, 0.2) is 31.1 Å². The van der Waals surface area contributed by atoms with Crippen molar-refractivity contribution in [2.24, 2.45) is 0 Å². The maximum atomic E-state index is 12.4. The van der Waals surface area contributed by atoms with Gasteiger partial charge < -0.3 is 5.11 Å². The van der Waals surface area contributed by atoms with Gasteiger partial charge in [0.05, 0.1) is 16.1 Å². The van der Waals surface area contributed by atoms with Gasteiger partial charge in [-0.1, -0.05) is 6.42 Å². The van der Waals surface area contributed by atoms with E-state index in [2.05, 4.69) is 15.0 Å². The molecule has 2 atom stereocenters. The van der Waals surface area contributed by atoms with E-state index in [0.29, 0.717) is 24.4 Å². The third-order valence-corrected chi connectivity index (χ3v) is 7.69. The lowest BCUT2D eigenvalue weighted by atomic mass is 9.81. The monoisotopic (exact) mass is 334 g/mol. The first kappa shape index (κ1) is 14.8. The third kappa shape index (κ3) is 2.36. The lowest BCUT2D eigenvalue weighted by Crippen LogP contribution is -2.50. The van der Waals surface area contributed by atoms with Gasteiger partial charge in [0.25, 0.3) is 0 Å². The molecule has 4 heterocycles. The summed E-state index contributed by atoms with van der Waals surface area (Å²) < 4.78 is 26.4. The predicted molar refractivity (Wildman–Crippen MR) is 82.6 cm³/mol.